The molecule has 2 aliphatic heterocycles. The number of hydrogen-bond donors (Lipinski definition) is 1. The Balaban J connectivity index is 2.28. The van der Waals surface area contributed by atoms with E-state index in [9.17, 15) is 19.2 Å². The molecule has 0 bridgehead atoms. The number of hydrogen-bond acceptors (Lipinski definition) is 5. The van der Waals surface area contributed by atoms with Crippen LogP contribution in [0, 0.1) is 11.3 Å². The number of nitrogens with one attached hydrogen (secondary N) is 1. The number of carbonyl (C=O) groups excluding carboxylic acids is 4. The van der Waals surface area contributed by atoms with E-state index in [1.165, 1.54) is 0 Å². The van der Waals surface area contributed by atoms with Crippen molar-refractivity contribution in [1.29, 1.82) is 0 Å². The van der Waals surface area contributed by atoms with Gasteiger partial charge in [0.1, 0.15) is 12.1 Å². The standard InChI is InChI=1S/C33H59N5O4/c1-21(2)27(20-24(7)30(40)38-19-15-17-26(38)31(41)35(11)22(3)4)36(12)32(42)28(33(8,9)10)34-29(39)25-16-13-14-18-37(25)23(5)6/h20-23,25-28H,13-19H2,1-12H3,(H,34,39)/t25-,26+,27-,28-/m1/s1. The van der Waals surface area contributed by atoms with Crippen LogP contribution in [0.4, 0.5) is 0 Å². The summed E-state index contributed by atoms with van der Waals surface area (Å²) in [7, 11) is 3.54. The Morgan fingerprint density at radius 2 is 1.45 bits per heavy atom. The molecule has 0 aliphatic carbocycles. The van der Waals surface area contributed by atoms with Crippen LogP contribution in [0.2, 0.25) is 0 Å². The van der Waals surface area contributed by atoms with Crippen molar-refractivity contribution in [2.45, 2.75) is 138 Å². The molecule has 2 rings (SSSR count). The minimum absolute atomic E-state index is 0.0240. The van der Waals surface area contributed by atoms with Crippen molar-refractivity contribution >= 4 is 23.6 Å². The van der Waals surface area contributed by atoms with E-state index in [2.05, 4.69) is 24.1 Å². The van der Waals surface area contributed by atoms with Crippen molar-refractivity contribution in [1.82, 2.24) is 24.9 Å². The fourth-order valence-electron chi connectivity index (χ4n) is 6.15. The molecule has 2 fully saturated rings. The highest BCUT2D eigenvalue weighted by atomic mass is 16.2. The third kappa shape index (κ3) is 8.57. The Hall–Kier alpha value is -2.42. The Kier molecular flexibility index (Phi) is 12.6. The lowest BCUT2D eigenvalue weighted by molar-refractivity contribution is -0.142. The maximum atomic E-state index is 14.1. The molecule has 9 nitrogen and oxygen atoms in total. The summed E-state index contributed by atoms with van der Waals surface area (Å²) in [6.45, 7) is 21.3. The summed E-state index contributed by atoms with van der Waals surface area (Å²) < 4.78 is 0. The number of likely N-dealkylation sites (tertiary alicyclic amines) is 2. The SMILES string of the molecule is CC(=C[C@H](C(C)C)N(C)C(=O)[C@@H](NC(=O)[C@H]1CCCCN1C(C)C)C(C)(C)C)C(=O)N1CCC[C@H]1C(=O)N(C)C(C)C. The number of piperidine rings is 1. The van der Waals surface area contributed by atoms with Crippen LogP contribution in [-0.4, -0.2) is 107 Å². The smallest absolute Gasteiger partial charge is 0.249 e. The zero-order chi connectivity index (χ0) is 32.1. The van der Waals surface area contributed by atoms with E-state index in [0.717, 1.165) is 32.2 Å². The first-order valence-corrected chi connectivity index (χ1v) is 16.0. The summed E-state index contributed by atoms with van der Waals surface area (Å²) >= 11 is 0. The lowest BCUT2D eigenvalue weighted by Gasteiger charge is -2.41. The molecule has 2 heterocycles. The Morgan fingerprint density at radius 3 is 1.98 bits per heavy atom. The van der Waals surface area contributed by atoms with E-state index in [1.54, 1.807) is 35.7 Å². The average Bonchev–Trinajstić information content (AvgIpc) is 3.41. The van der Waals surface area contributed by atoms with Gasteiger partial charge in [-0.2, -0.15) is 0 Å². The van der Waals surface area contributed by atoms with Crippen molar-refractivity contribution in [3.8, 4) is 0 Å². The Bertz CT molecular complexity index is 999. The van der Waals surface area contributed by atoms with Gasteiger partial charge in [0, 0.05) is 38.3 Å². The zero-order valence-corrected chi connectivity index (χ0v) is 28.5. The average molecular weight is 590 g/mol. The molecule has 4 amide bonds. The molecular weight excluding hydrogens is 530 g/mol. The van der Waals surface area contributed by atoms with Crippen LogP contribution in [0.1, 0.15) is 101 Å². The van der Waals surface area contributed by atoms with Crippen LogP contribution >= 0.6 is 0 Å². The predicted octanol–water partition coefficient (Wildman–Crippen LogP) is 4.07. The monoisotopic (exact) mass is 589 g/mol. The van der Waals surface area contributed by atoms with Crippen LogP contribution in [0.5, 0.6) is 0 Å². The van der Waals surface area contributed by atoms with Gasteiger partial charge in [-0.25, -0.2) is 0 Å². The summed E-state index contributed by atoms with van der Waals surface area (Å²) in [5, 5.41) is 3.13. The largest absolute Gasteiger partial charge is 0.342 e. The first kappa shape index (κ1) is 35.8. The van der Waals surface area contributed by atoms with Gasteiger partial charge in [-0.05, 0) is 78.2 Å². The summed E-state index contributed by atoms with van der Waals surface area (Å²) in [4.78, 5) is 61.7. The number of likely N-dealkylation sites (N-methyl/N-ethyl adjacent to an activating group) is 2. The van der Waals surface area contributed by atoms with Gasteiger partial charge in [0.25, 0.3) is 0 Å². The van der Waals surface area contributed by atoms with Gasteiger partial charge in [-0.15, -0.1) is 0 Å². The van der Waals surface area contributed by atoms with Gasteiger partial charge in [-0.1, -0.05) is 47.1 Å². The number of nitrogens with zero attached hydrogens (tertiary/aromatic N) is 4. The second-order valence-corrected chi connectivity index (χ2v) is 14.4. The lowest BCUT2D eigenvalue weighted by atomic mass is 9.84. The summed E-state index contributed by atoms with van der Waals surface area (Å²) in [5.41, 5.74) is 0.00592. The minimum Gasteiger partial charge on any atom is -0.342 e. The molecule has 240 valence electrons. The number of rotatable bonds is 10. The maximum absolute atomic E-state index is 14.1. The molecule has 1 N–H and O–H groups in total. The van der Waals surface area contributed by atoms with Crippen LogP contribution in [0.25, 0.3) is 0 Å². The highest BCUT2D eigenvalue weighted by Gasteiger charge is 2.41. The van der Waals surface area contributed by atoms with Gasteiger partial charge < -0.3 is 20.0 Å². The molecule has 0 aromatic carbocycles. The third-order valence-corrected chi connectivity index (χ3v) is 9.07. The molecule has 0 radical (unpaired) electrons. The van der Waals surface area contributed by atoms with E-state index >= 15 is 0 Å². The van der Waals surface area contributed by atoms with Crippen LogP contribution in [0.15, 0.2) is 11.6 Å². The molecule has 9 heteroatoms. The second kappa shape index (κ2) is 14.8. The van der Waals surface area contributed by atoms with Crippen molar-refractivity contribution in [3.63, 3.8) is 0 Å². The first-order valence-electron chi connectivity index (χ1n) is 16.0. The molecule has 0 spiro atoms. The highest BCUT2D eigenvalue weighted by molar-refractivity contribution is 5.97. The Morgan fingerprint density at radius 1 is 0.857 bits per heavy atom. The lowest BCUT2D eigenvalue weighted by Crippen LogP contribution is -2.60. The maximum Gasteiger partial charge on any atom is 0.249 e. The van der Waals surface area contributed by atoms with Crippen molar-refractivity contribution in [2.75, 3.05) is 27.2 Å². The molecule has 0 aromatic rings. The van der Waals surface area contributed by atoms with Gasteiger partial charge in [0.05, 0.1) is 12.1 Å². The van der Waals surface area contributed by atoms with Crippen molar-refractivity contribution < 1.29 is 19.2 Å². The van der Waals surface area contributed by atoms with E-state index in [4.69, 9.17) is 0 Å². The zero-order valence-electron chi connectivity index (χ0n) is 28.5. The van der Waals surface area contributed by atoms with Gasteiger partial charge in [0.2, 0.25) is 23.6 Å². The summed E-state index contributed by atoms with van der Waals surface area (Å²) in [5.74, 6) is -0.443. The van der Waals surface area contributed by atoms with E-state index in [-0.39, 0.29) is 53.7 Å². The van der Waals surface area contributed by atoms with Crippen LogP contribution in [0.3, 0.4) is 0 Å². The van der Waals surface area contributed by atoms with Crippen molar-refractivity contribution in [3.05, 3.63) is 11.6 Å². The normalized spacial score (nSPS) is 22.0. The van der Waals surface area contributed by atoms with E-state index in [1.807, 2.05) is 54.5 Å². The number of carbonyl (C=O) groups is 4. The first-order chi connectivity index (χ1) is 19.4. The minimum atomic E-state index is -0.719. The predicted molar refractivity (Wildman–Crippen MR) is 169 cm³/mol. The molecule has 2 aliphatic rings. The topological polar surface area (TPSA) is 93.3 Å². The van der Waals surface area contributed by atoms with E-state index < -0.39 is 17.5 Å². The third-order valence-electron chi connectivity index (χ3n) is 9.07. The van der Waals surface area contributed by atoms with Crippen LogP contribution < -0.4 is 5.32 Å². The molecule has 2 saturated heterocycles. The van der Waals surface area contributed by atoms with Gasteiger partial charge in [0.15, 0.2) is 0 Å². The quantitative estimate of drug-likeness (QED) is 0.388. The molecule has 0 aromatic heterocycles. The van der Waals surface area contributed by atoms with Crippen molar-refractivity contribution in [2.24, 2.45) is 11.3 Å². The fraction of sp³-hybridized carbons (Fsp3) is 0.818. The molecule has 0 unspecified atom stereocenters. The fourth-order valence-corrected chi connectivity index (χ4v) is 6.15. The molecule has 4 atom stereocenters. The Labute approximate surface area is 255 Å². The molecular formula is C33H59N5O4. The summed E-state index contributed by atoms with van der Waals surface area (Å²) in [6, 6.07) is -1.48. The molecule has 42 heavy (non-hydrogen) atoms. The molecule has 0 saturated carbocycles. The summed E-state index contributed by atoms with van der Waals surface area (Å²) in [6.07, 6.45) is 6.17. The van der Waals surface area contributed by atoms with Gasteiger partial charge >= 0.3 is 0 Å². The van der Waals surface area contributed by atoms with Gasteiger partial charge in [-0.3, -0.25) is 24.1 Å². The number of amides is 4. The van der Waals surface area contributed by atoms with E-state index in [0.29, 0.717) is 18.5 Å². The second-order valence-electron chi connectivity index (χ2n) is 14.4. The van der Waals surface area contributed by atoms with Crippen LogP contribution in [-0.2, 0) is 19.2 Å². The highest BCUT2D eigenvalue weighted by Crippen LogP contribution is 2.27.